The molecule has 0 aliphatic carbocycles. The number of rotatable bonds is 5. The predicted octanol–water partition coefficient (Wildman–Crippen LogP) is 2.61. The molecule has 4 nitrogen and oxygen atoms in total. The molecule has 0 spiro atoms. The van der Waals surface area contributed by atoms with Crippen LogP contribution in [0.15, 0.2) is 24.3 Å². The monoisotopic (exact) mass is 250 g/mol. The molecular formula is C14H22N2O2. The third-order valence-electron chi connectivity index (χ3n) is 2.91. The van der Waals surface area contributed by atoms with Gasteiger partial charge in [-0.1, -0.05) is 13.0 Å². The Bertz CT molecular complexity index is 411. The molecule has 0 saturated heterocycles. The number of carbonyl (C=O) groups excluding carboxylic acids is 1. The van der Waals surface area contributed by atoms with Gasteiger partial charge in [0.05, 0.1) is 11.6 Å². The van der Waals surface area contributed by atoms with Crippen molar-refractivity contribution in [2.45, 2.75) is 45.8 Å². The zero-order chi connectivity index (χ0) is 13.8. The molecule has 1 atom stereocenters. The molecule has 0 fully saturated rings. The Labute approximate surface area is 108 Å². The Morgan fingerprint density at radius 2 is 2.00 bits per heavy atom. The van der Waals surface area contributed by atoms with Crippen molar-refractivity contribution in [3.63, 3.8) is 0 Å². The minimum Gasteiger partial charge on any atom is -0.388 e. The maximum Gasteiger partial charge on any atom is 0.224 e. The number of nitrogens with one attached hydrogen (secondary N) is 2. The van der Waals surface area contributed by atoms with E-state index < -0.39 is 5.60 Å². The first-order valence-electron chi connectivity index (χ1n) is 6.21. The SMILES string of the molecule is CCC(=O)Nc1cccc(NC(C)C(C)(C)O)c1. The van der Waals surface area contributed by atoms with Crippen LogP contribution >= 0.6 is 0 Å². The minimum atomic E-state index is -0.803. The lowest BCUT2D eigenvalue weighted by molar-refractivity contribution is -0.115. The molecular weight excluding hydrogens is 228 g/mol. The number of hydrogen-bond donors (Lipinski definition) is 3. The van der Waals surface area contributed by atoms with Gasteiger partial charge in [0.2, 0.25) is 5.91 Å². The van der Waals surface area contributed by atoms with Gasteiger partial charge in [-0.25, -0.2) is 0 Å². The van der Waals surface area contributed by atoms with E-state index in [1.54, 1.807) is 13.8 Å². The molecule has 100 valence electrons. The van der Waals surface area contributed by atoms with Crippen molar-refractivity contribution in [2.24, 2.45) is 0 Å². The second-order valence-corrected chi connectivity index (χ2v) is 5.00. The molecule has 0 aliphatic rings. The number of anilines is 2. The van der Waals surface area contributed by atoms with Crippen LogP contribution in [0.5, 0.6) is 0 Å². The van der Waals surface area contributed by atoms with Crippen molar-refractivity contribution in [1.82, 2.24) is 0 Å². The van der Waals surface area contributed by atoms with E-state index in [-0.39, 0.29) is 11.9 Å². The molecule has 0 aromatic heterocycles. The first-order chi connectivity index (χ1) is 8.32. The zero-order valence-corrected chi connectivity index (χ0v) is 11.4. The highest BCUT2D eigenvalue weighted by molar-refractivity contribution is 5.90. The maximum absolute atomic E-state index is 11.3. The summed E-state index contributed by atoms with van der Waals surface area (Å²) in [5, 5.41) is 15.9. The molecule has 1 aromatic rings. The Hall–Kier alpha value is -1.55. The molecule has 3 N–H and O–H groups in total. The average molecular weight is 250 g/mol. The Morgan fingerprint density at radius 3 is 2.56 bits per heavy atom. The molecule has 1 unspecified atom stereocenters. The van der Waals surface area contributed by atoms with Gasteiger partial charge in [0.25, 0.3) is 0 Å². The summed E-state index contributed by atoms with van der Waals surface area (Å²) >= 11 is 0. The van der Waals surface area contributed by atoms with Crippen LogP contribution in [0.1, 0.15) is 34.1 Å². The van der Waals surface area contributed by atoms with Crippen molar-refractivity contribution in [2.75, 3.05) is 10.6 Å². The Balaban J connectivity index is 2.73. The second kappa shape index (κ2) is 5.87. The highest BCUT2D eigenvalue weighted by Gasteiger charge is 2.21. The molecule has 0 aliphatic heterocycles. The van der Waals surface area contributed by atoms with Crippen molar-refractivity contribution in [1.29, 1.82) is 0 Å². The first kappa shape index (κ1) is 14.5. The quantitative estimate of drug-likeness (QED) is 0.752. The molecule has 0 bridgehead atoms. The van der Waals surface area contributed by atoms with E-state index in [1.165, 1.54) is 0 Å². The third kappa shape index (κ3) is 4.37. The summed E-state index contributed by atoms with van der Waals surface area (Å²) in [6.45, 7) is 7.24. The summed E-state index contributed by atoms with van der Waals surface area (Å²) in [6, 6.07) is 7.38. The van der Waals surface area contributed by atoms with Crippen LogP contribution < -0.4 is 10.6 Å². The predicted molar refractivity (Wildman–Crippen MR) is 74.7 cm³/mol. The third-order valence-corrected chi connectivity index (χ3v) is 2.91. The molecule has 1 aromatic carbocycles. The van der Waals surface area contributed by atoms with Crippen LogP contribution in [0.25, 0.3) is 0 Å². The molecule has 0 radical (unpaired) electrons. The number of hydrogen-bond acceptors (Lipinski definition) is 3. The lowest BCUT2D eigenvalue weighted by Gasteiger charge is -2.27. The van der Waals surface area contributed by atoms with E-state index in [0.717, 1.165) is 11.4 Å². The Morgan fingerprint density at radius 1 is 1.39 bits per heavy atom. The van der Waals surface area contributed by atoms with Crippen LogP contribution in [0.3, 0.4) is 0 Å². The highest BCUT2D eigenvalue weighted by Crippen LogP contribution is 2.19. The fourth-order valence-electron chi connectivity index (χ4n) is 1.36. The van der Waals surface area contributed by atoms with Gasteiger partial charge in [-0.2, -0.15) is 0 Å². The average Bonchev–Trinajstić information content (AvgIpc) is 2.28. The molecule has 0 saturated carbocycles. The van der Waals surface area contributed by atoms with Gasteiger partial charge in [0, 0.05) is 17.8 Å². The number of amides is 1. The zero-order valence-electron chi connectivity index (χ0n) is 11.4. The normalized spacial score (nSPS) is 12.9. The lowest BCUT2D eigenvalue weighted by Crippen LogP contribution is -2.39. The van der Waals surface area contributed by atoms with Crippen molar-refractivity contribution < 1.29 is 9.90 Å². The molecule has 18 heavy (non-hydrogen) atoms. The largest absolute Gasteiger partial charge is 0.388 e. The van der Waals surface area contributed by atoms with E-state index >= 15 is 0 Å². The lowest BCUT2D eigenvalue weighted by atomic mass is 10.0. The smallest absolute Gasteiger partial charge is 0.224 e. The molecule has 4 heteroatoms. The van der Waals surface area contributed by atoms with E-state index in [2.05, 4.69) is 10.6 Å². The van der Waals surface area contributed by atoms with E-state index in [4.69, 9.17) is 0 Å². The van der Waals surface area contributed by atoms with Gasteiger partial charge in [0.1, 0.15) is 0 Å². The Kier molecular flexibility index (Phi) is 4.73. The highest BCUT2D eigenvalue weighted by atomic mass is 16.3. The fourth-order valence-corrected chi connectivity index (χ4v) is 1.36. The first-order valence-corrected chi connectivity index (χ1v) is 6.21. The number of aliphatic hydroxyl groups is 1. The summed E-state index contributed by atoms with van der Waals surface area (Å²) in [5.74, 6) is -0.0114. The fraction of sp³-hybridized carbons (Fsp3) is 0.500. The molecule has 0 heterocycles. The minimum absolute atomic E-state index is 0.0114. The number of benzene rings is 1. The summed E-state index contributed by atoms with van der Waals surface area (Å²) in [7, 11) is 0. The van der Waals surface area contributed by atoms with Crippen LogP contribution in [-0.2, 0) is 4.79 Å². The van der Waals surface area contributed by atoms with E-state index in [9.17, 15) is 9.90 Å². The number of carbonyl (C=O) groups is 1. The van der Waals surface area contributed by atoms with Gasteiger partial charge in [-0.3, -0.25) is 4.79 Å². The van der Waals surface area contributed by atoms with E-state index in [1.807, 2.05) is 38.1 Å². The van der Waals surface area contributed by atoms with Crippen LogP contribution in [0, 0.1) is 0 Å². The summed E-state index contributed by atoms with van der Waals surface area (Å²) in [5.41, 5.74) is 0.830. The maximum atomic E-state index is 11.3. The summed E-state index contributed by atoms with van der Waals surface area (Å²) in [4.78, 5) is 11.3. The molecule has 1 amide bonds. The van der Waals surface area contributed by atoms with Crippen molar-refractivity contribution in [3.05, 3.63) is 24.3 Å². The van der Waals surface area contributed by atoms with Crippen molar-refractivity contribution in [3.8, 4) is 0 Å². The standard InChI is InChI=1S/C14H22N2O2/c1-5-13(17)16-12-8-6-7-11(9-12)15-10(2)14(3,4)18/h6-10,15,18H,5H2,1-4H3,(H,16,17). The second-order valence-electron chi connectivity index (χ2n) is 5.00. The van der Waals surface area contributed by atoms with Crippen LogP contribution in [-0.4, -0.2) is 22.7 Å². The van der Waals surface area contributed by atoms with Gasteiger partial charge < -0.3 is 15.7 Å². The van der Waals surface area contributed by atoms with Crippen LogP contribution in [0.2, 0.25) is 0 Å². The van der Waals surface area contributed by atoms with E-state index in [0.29, 0.717) is 6.42 Å². The summed E-state index contributed by atoms with van der Waals surface area (Å²) in [6.07, 6.45) is 0.456. The van der Waals surface area contributed by atoms with Gasteiger partial charge in [0.15, 0.2) is 0 Å². The van der Waals surface area contributed by atoms with Gasteiger partial charge in [-0.05, 0) is 39.0 Å². The van der Waals surface area contributed by atoms with Crippen LogP contribution in [0.4, 0.5) is 11.4 Å². The summed E-state index contributed by atoms with van der Waals surface area (Å²) < 4.78 is 0. The van der Waals surface area contributed by atoms with Gasteiger partial charge >= 0.3 is 0 Å². The molecule has 1 rings (SSSR count). The van der Waals surface area contributed by atoms with Crippen molar-refractivity contribution >= 4 is 17.3 Å². The topological polar surface area (TPSA) is 61.4 Å². The van der Waals surface area contributed by atoms with Gasteiger partial charge in [-0.15, -0.1) is 0 Å².